The van der Waals surface area contributed by atoms with Crippen LogP contribution in [0.2, 0.25) is 0 Å². The molecule has 0 saturated carbocycles. The van der Waals surface area contributed by atoms with Crippen LogP contribution < -0.4 is 0 Å². The van der Waals surface area contributed by atoms with E-state index < -0.39 is 0 Å². The van der Waals surface area contributed by atoms with Crippen molar-refractivity contribution in [2.45, 2.75) is 0 Å². The van der Waals surface area contributed by atoms with E-state index in [1.54, 1.807) is 24.3 Å². The Morgan fingerprint density at radius 3 is 0.958 bits per heavy atom. The molecule has 6 heteroatoms. The van der Waals surface area contributed by atoms with Gasteiger partial charge < -0.3 is 10.2 Å². The topological polar surface area (TPSA) is 92.0 Å². The zero-order chi connectivity index (χ0) is 16.3. The van der Waals surface area contributed by atoms with E-state index in [1.165, 1.54) is 0 Å². The highest BCUT2D eigenvalue weighted by molar-refractivity contribution is 6.07. The van der Waals surface area contributed by atoms with E-state index >= 15 is 0 Å². The Labute approximate surface area is 135 Å². The summed E-state index contributed by atoms with van der Waals surface area (Å²) in [5.74, 6) is -0.261. The van der Waals surface area contributed by atoms with Gasteiger partial charge in [-0.15, -0.1) is 0 Å². The maximum atomic E-state index is 10.6. The van der Waals surface area contributed by atoms with Gasteiger partial charge in [-0.1, -0.05) is 24.3 Å². The van der Waals surface area contributed by atoms with E-state index in [2.05, 4.69) is 19.9 Å². The molecule has 2 aromatic heterocycles. The normalized spacial score (nSPS) is 11.7. The average Bonchev–Trinajstić information content (AvgIpc) is 2.64. The highest BCUT2D eigenvalue weighted by Gasteiger charge is 2.19. The Hall–Kier alpha value is -3.54. The summed E-state index contributed by atoms with van der Waals surface area (Å²) in [4.78, 5) is 17.7. The molecule has 0 amide bonds. The number of hydrogen-bond donors (Lipinski definition) is 2. The lowest BCUT2D eigenvalue weighted by Gasteiger charge is -2.09. The molecule has 6 nitrogen and oxygen atoms in total. The number of benzene rings is 3. The van der Waals surface area contributed by atoms with Gasteiger partial charge in [-0.25, -0.2) is 19.9 Å². The first-order valence-corrected chi connectivity index (χ1v) is 7.39. The number of phenolic OH excluding ortho intramolecular Hbond substituents is 2. The maximum absolute atomic E-state index is 10.6. The van der Waals surface area contributed by atoms with E-state index in [-0.39, 0.29) is 33.6 Å². The summed E-state index contributed by atoms with van der Waals surface area (Å²) in [6.45, 7) is 0. The number of nitrogens with zero attached hydrogens (tertiary/aromatic N) is 4. The fraction of sp³-hybridized carbons (Fsp3) is 0. The number of aromatic hydroxyl groups is 2. The zero-order valence-corrected chi connectivity index (χ0v) is 12.3. The van der Waals surface area contributed by atoms with Crippen molar-refractivity contribution >= 4 is 44.1 Å². The molecule has 0 saturated heterocycles. The molecule has 0 bridgehead atoms. The van der Waals surface area contributed by atoms with Crippen LogP contribution in [0, 0.1) is 0 Å². The molecule has 5 aromatic rings. The van der Waals surface area contributed by atoms with Gasteiger partial charge in [-0.05, 0) is 24.3 Å². The van der Waals surface area contributed by atoms with E-state index in [1.807, 2.05) is 24.3 Å². The second kappa shape index (κ2) is 4.48. The molecule has 0 aliphatic rings. The number of phenols is 2. The molecule has 0 fully saturated rings. The van der Waals surface area contributed by atoms with E-state index in [4.69, 9.17) is 0 Å². The van der Waals surface area contributed by atoms with Crippen molar-refractivity contribution in [1.82, 2.24) is 19.9 Å². The fourth-order valence-electron chi connectivity index (χ4n) is 2.88. The minimum atomic E-state index is -0.130. The Kier molecular flexibility index (Phi) is 2.42. The van der Waals surface area contributed by atoms with Gasteiger partial charge in [0.1, 0.15) is 22.1 Å². The second-order valence-electron chi connectivity index (χ2n) is 5.52. The van der Waals surface area contributed by atoms with Crippen LogP contribution in [0.1, 0.15) is 0 Å². The Morgan fingerprint density at radius 2 is 0.708 bits per heavy atom. The van der Waals surface area contributed by atoms with Gasteiger partial charge in [0, 0.05) is 0 Å². The molecule has 0 spiro atoms. The monoisotopic (exact) mass is 314 g/mol. The average molecular weight is 314 g/mol. The molecule has 0 unspecified atom stereocenters. The fourth-order valence-corrected chi connectivity index (χ4v) is 2.88. The minimum absolute atomic E-state index is 0.130. The van der Waals surface area contributed by atoms with Crippen molar-refractivity contribution in [2.24, 2.45) is 0 Å². The molecule has 0 atom stereocenters. The van der Waals surface area contributed by atoms with Gasteiger partial charge in [-0.3, -0.25) is 0 Å². The number of hydrogen-bond acceptors (Lipinski definition) is 6. The van der Waals surface area contributed by atoms with Gasteiger partial charge in [-0.2, -0.15) is 0 Å². The van der Waals surface area contributed by atoms with Gasteiger partial charge in [0.2, 0.25) is 0 Å². The first kappa shape index (κ1) is 13.0. The zero-order valence-electron chi connectivity index (χ0n) is 12.3. The first-order chi connectivity index (χ1) is 11.7. The maximum Gasteiger partial charge on any atom is 0.172 e. The van der Waals surface area contributed by atoms with Crippen molar-refractivity contribution in [3.05, 3.63) is 48.5 Å². The Bertz CT molecular complexity index is 1090. The lowest BCUT2D eigenvalue weighted by molar-refractivity contribution is 0.475. The molecule has 0 aliphatic carbocycles. The molecule has 0 radical (unpaired) electrons. The van der Waals surface area contributed by atoms with Crippen LogP contribution in [0.15, 0.2) is 48.5 Å². The predicted octanol–water partition coefficient (Wildman–Crippen LogP) is 3.29. The van der Waals surface area contributed by atoms with Crippen LogP contribution in [0.25, 0.3) is 44.1 Å². The summed E-state index contributed by atoms with van der Waals surface area (Å²) >= 11 is 0. The summed E-state index contributed by atoms with van der Waals surface area (Å²) in [6.07, 6.45) is 0. The third-order valence-electron chi connectivity index (χ3n) is 4.04. The summed E-state index contributed by atoms with van der Waals surface area (Å²) < 4.78 is 0. The molecule has 2 N–H and O–H groups in total. The molecular formula is C18H10N4O2. The van der Waals surface area contributed by atoms with E-state index in [0.29, 0.717) is 22.1 Å². The van der Waals surface area contributed by atoms with Crippen LogP contribution in [0.3, 0.4) is 0 Å². The predicted molar refractivity (Wildman–Crippen MR) is 91.0 cm³/mol. The third-order valence-corrected chi connectivity index (χ3v) is 4.04. The summed E-state index contributed by atoms with van der Waals surface area (Å²) in [7, 11) is 0. The van der Waals surface area contributed by atoms with Crippen LogP contribution in [0.5, 0.6) is 11.5 Å². The van der Waals surface area contributed by atoms with Crippen molar-refractivity contribution < 1.29 is 10.2 Å². The molecular weight excluding hydrogens is 304 g/mol. The van der Waals surface area contributed by atoms with Crippen molar-refractivity contribution in [2.75, 3.05) is 0 Å². The Morgan fingerprint density at radius 1 is 0.458 bits per heavy atom. The summed E-state index contributed by atoms with van der Waals surface area (Å²) in [6, 6.07) is 14.6. The van der Waals surface area contributed by atoms with Crippen molar-refractivity contribution in [3.63, 3.8) is 0 Å². The SMILES string of the molecule is Oc1c2nc3ccccc3nc2c(O)c2nc3ccccc3nc12. The lowest BCUT2D eigenvalue weighted by atomic mass is 10.1. The number of aromatic nitrogens is 4. The van der Waals surface area contributed by atoms with Crippen molar-refractivity contribution in [1.29, 1.82) is 0 Å². The van der Waals surface area contributed by atoms with Crippen LogP contribution in [-0.2, 0) is 0 Å². The van der Waals surface area contributed by atoms with Gasteiger partial charge >= 0.3 is 0 Å². The largest absolute Gasteiger partial charge is 0.504 e. The smallest absolute Gasteiger partial charge is 0.172 e. The van der Waals surface area contributed by atoms with Gasteiger partial charge in [0.25, 0.3) is 0 Å². The molecule has 5 rings (SSSR count). The van der Waals surface area contributed by atoms with Crippen LogP contribution in [-0.4, -0.2) is 30.1 Å². The first-order valence-electron chi connectivity index (χ1n) is 7.39. The highest BCUT2D eigenvalue weighted by atomic mass is 16.3. The van der Waals surface area contributed by atoms with E-state index in [9.17, 15) is 10.2 Å². The van der Waals surface area contributed by atoms with Crippen molar-refractivity contribution in [3.8, 4) is 11.5 Å². The second-order valence-corrected chi connectivity index (χ2v) is 5.52. The summed E-state index contributed by atoms with van der Waals surface area (Å²) in [5.41, 5.74) is 3.37. The third kappa shape index (κ3) is 1.65. The van der Waals surface area contributed by atoms with Crippen LogP contribution in [0.4, 0.5) is 0 Å². The highest BCUT2D eigenvalue weighted by Crippen LogP contribution is 2.39. The lowest BCUT2D eigenvalue weighted by Crippen LogP contribution is -1.94. The van der Waals surface area contributed by atoms with E-state index in [0.717, 1.165) is 0 Å². The minimum Gasteiger partial charge on any atom is -0.504 e. The van der Waals surface area contributed by atoms with Gasteiger partial charge in [0.15, 0.2) is 11.5 Å². The molecule has 2 heterocycles. The summed E-state index contributed by atoms with van der Waals surface area (Å²) in [5, 5.41) is 21.3. The Balaban J connectivity index is 2.04. The molecule has 0 aliphatic heterocycles. The van der Waals surface area contributed by atoms with Crippen LogP contribution >= 0.6 is 0 Å². The molecule has 3 aromatic carbocycles. The quantitative estimate of drug-likeness (QED) is 0.336. The number of para-hydroxylation sites is 4. The standard InChI is InChI=1S/C18H10N4O2/c23-17-13-14(20-10-6-2-1-5-9(10)19-13)18(24)16-15(17)21-11-7-3-4-8-12(11)22-16/h1-8,23-24H. The number of fused-ring (bicyclic) bond motifs is 4. The van der Waals surface area contributed by atoms with Gasteiger partial charge in [0.05, 0.1) is 22.1 Å². The molecule has 114 valence electrons. The number of rotatable bonds is 0. The molecule has 24 heavy (non-hydrogen) atoms.